The summed E-state index contributed by atoms with van der Waals surface area (Å²) in [7, 11) is 0. The normalized spacial score (nSPS) is 16.9. The van der Waals surface area contributed by atoms with E-state index < -0.39 is 0 Å². The van der Waals surface area contributed by atoms with Crippen LogP contribution in [0.4, 0.5) is 5.95 Å². The molecule has 0 spiro atoms. The lowest BCUT2D eigenvalue weighted by Gasteiger charge is -2.14. The van der Waals surface area contributed by atoms with Crippen molar-refractivity contribution in [3.8, 4) is 0 Å². The van der Waals surface area contributed by atoms with E-state index >= 15 is 0 Å². The van der Waals surface area contributed by atoms with Gasteiger partial charge in [-0.15, -0.1) is 0 Å². The van der Waals surface area contributed by atoms with Crippen molar-refractivity contribution in [2.24, 2.45) is 0 Å². The van der Waals surface area contributed by atoms with Gasteiger partial charge in [-0.05, 0) is 26.7 Å². The maximum Gasteiger partial charge on any atom is 0.203 e. The summed E-state index contributed by atoms with van der Waals surface area (Å²) >= 11 is 0. The van der Waals surface area contributed by atoms with Crippen molar-refractivity contribution in [3.05, 3.63) is 12.4 Å². The molecule has 4 nitrogen and oxygen atoms in total. The van der Waals surface area contributed by atoms with Crippen LogP contribution in [-0.2, 0) is 4.74 Å². The predicted octanol–water partition coefficient (Wildman–Crippen LogP) is 2.84. The Balaban J connectivity index is 1.68. The minimum absolute atomic E-state index is 0.441. The fourth-order valence-corrected chi connectivity index (χ4v) is 2.31. The maximum atomic E-state index is 5.80. The fraction of sp³-hybridized carbons (Fsp3) is 0.769. The molecule has 17 heavy (non-hydrogen) atoms. The minimum Gasteiger partial charge on any atom is -0.376 e. The molecule has 1 aliphatic carbocycles. The first-order valence-electron chi connectivity index (χ1n) is 6.65. The highest BCUT2D eigenvalue weighted by atomic mass is 16.5. The molecule has 1 aromatic heterocycles. The Kier molecular flexibility index (Phi) is 4.42. The van der Waals surface area contributed by atoms with E-state index in [2.05, 4.69) is 28.7 Å². The first kappa shape index (κ1) is 12.4. The highest BCUT2D eigenvalue weighted by molar-refractivity contribution is 5.26. The molecule has 1 saturated carbocycles. The molecule has 0 amide bonds. The molecule has 0 radical (unpaired) electrons. The SMILES string of the molecule is CC(C)n1ccnc1NCCOC1CCCC1. The molecular weight excluding hydrogens is 214 g/mol. The molecule has 0 aliphatic heterocycles. The van der Waals surface area contributed by atoms with Gasteiger partial charge in [0.2, 0.25) is 5.95 Å². The molecule has 0 bridgehead atoms. The van der Waals surface area contributed by atoms with Gasteiger partial charge in [0, 0.05) is 25.0 Å². The standard InChI is InChI=1S/C13H23N3O/c1-11(2)16-9-7-14-13(16)15-8-10-17-12-5-3-4-6-12/h7,9,11-12H,3-6,8,10H2,1-2H3,(H,14,15). The number of nitrogens with zero attached hydrogens (tertiary/aromatic N) is 2. The Morgan fingerprint density at radius 3 is 2.94 bits per heavy atom. The van der Waals surface area contributed by atoms with Crippen LogP contribution in [-0.4, -0.2) is 28.8 Å². The van der Waals surface area contributed by atoms with Crippen molar-refractivity contribution in [2.45, 2.75) is 51.7 Å². The Morgan fingerprint density at radius 2 is 2.24 bits per heavy atom. The van der Waals surface area contributed by atoms with E-state index in [0.29, 0.717) is 12.1 Å². The second kappa shape index (κ2) is 6.05. The van der Waals surface area contributed by atoms with Gasteiger partial charge in [-0.2, -0.15) is 0 Å². The highest BCUT2D eigenvalue weighted by Crippen LogP contribution is 2.20. The van der Waals surface area contributed by atoms with Gasteiger partial charge in [0.25, 0.3) is 0 Å². The molecule has 2 rings (SSSR count). The van der Waals surface area contributed by atoms with Crippen LogP contribution in [0, 0.1) is 0 Å². The zero-order chi connectivity index (χ0) is 12.1. The first-order valence-corrected chi connectivity index (χ1v) is 6.65. The summed E-state index contributed by atoms with van der Waals surface area (Å²) in [5.41, 5.74) is 0. The van der Waals surface area contributed by atoms with Gasteiger partial charge in [0.15, 0.2) is 0 Å². The van der Waals surface area contributed by atoms with E-state index in [-0.39, 0.29) is 0 Å². The van der Waals surface area contributed by atoms with Gasteiger partial charge < -0.3 is 14.6 Å². The molecule has 1 N–H and O–H groups in total. The van der Waals surface area contributed by atoms with Gasteiger partial charge >= 0.3 is 0 Å². The Morgan fingerprint density at radius 1 is 1.47 bits per heavy atom. The lowest BCUT2D eigenvalue weighted by atomic mass is 10.3. The lowest BCUT2D eigenvalue weighted by molar-refractivity contribution is 0.0658. The summed E-state index contributed by atoms with van der Waals surface area (Å²) in [4.78, 5) is 4.30. The topological polar surface area (TPSA) is 39.1 Å². The number of nitrogens with one attached hydrogen (secondary N) is 1. The Hall–Kier alpha value is -1.03. The molecule has 0 saturated heterocycles. The molecule has 0 aromatic carbocycles. The molecule has 4 heteroatoms. The minimum atomic E-state index is 0.441. The second-order valence-electron chi connectivity index (χ2n) is 4.96. The van der Waals surface area contributed by atoms with E-state index in [1.165, 1.54) is 25.7 Å². The second-order valence-corrected chi connectivity index (χ2v) is 4.96. The molecule has 0 unspecified atom stereocenters. The first-order chi connectivity index (χ1) is 8.27. The number of rotatable bonds is 6. The van der Waals surface area contributed by atoms with Gasteiger partial charge in [0.1, 0.15) is 0 Å². The molecule has 0 atom stereocenters. The smallest absolute Gasteiger partial charge is 0.203 e. The average Bonchev–Trinajstić information content (AvgIpc) is 2.95. The number of hydrogen-bond donors (Lipinski definition) is 1. The van der Waals surface area contributed by atoms with Crippen LogP contribution in [0.15, 0.2) is 12.4 Å². The zero-order valence-corrected chi connectivity index (χ0v) is 10.9. The van der Waals surface area contributed by atoms with Gasteiger partial charge in [-0.3, -0.25) is 0 Å². The van der Waals surface area contributed by atoms with E-state index in [0.717, 1.165) is 19.1 Å². The monoisotopic (exact) mass is 237 g/mol. The third-order valence-electron chi connectivity index (χ3n) is 3.27. The largest absolute Gasteiger partial charge is 0.376 e. The van der Waals surface area contributed by atoms with E-state index in [1.807, 2.05) is 12.4 Å². The van der Waals surface area contributed by atoms with Crippen molar-refractivity contribution < 1.29 is 4.74 Å². The van der Waals surface area contributed by atoms with Crippen molar-refractivity contribution in [1.29, 1.82) is 0 Å². The number of aromatic nitrogens is 2. The van der Waals surface area contributed by atoms with Crippen molar-refractivity contribution >= 4 is 5.95 Å². The van der Waals surface area contributed by atoms with Crippen LogP contribution in [0.3, 0.4) is 0 Å². The van der Waals surface area contributed by atoms with Crippen LogP contribution in [0.5, 0.6) is 0 Å². The summed E-state index contributed by atoms with van der Waals surface area (Å²) < 4.78 is 7.94. The van der Waals surface area contributed by atoms with Crippen molar-refractivity contribution in [3.63, 3.8) is 0 Å². The molecule has 1 aliphatic rings. The van der Waals surface area contributed by atoms with Crippen molar-refractivity contribution in [1.82, 2.24) is 9.55 Å². The predicted molar refractivity (Wildman–Crippen MR) is 69.3 cm³/mol. The zero-order valence-electron chi connectivity index (χ0n) is 10.9. The number of hydrogen-bond acceptors (Lipinski definition) is 3. The summed E-state index contributed by atoms with van der Waals surface area (Å²) in [5.74, 6) is 0.940. The Labute approximate surface area is 103 Å². The molecule has 1 heterocycles. The Bertz CT molecular complexity index is 329. The molecule has 1 aromatic rings. The van der Waals surface area contributed by atoms with Crippen LogP contribution in [0.1, 0.15) is 45.6 Å². The third kappa shape index (κ3) is 3.46. The third-order valence-corrected chi connectivity index (χ3v) is 3.27. The van der Waals surface area contributed by atoms with Gasteiger partial charge in [-0.1, -0.05) is 12.8 Å². The number of anilines is 1. The lowest BCUT2D eigenvalue weighted by Crippen LogP contribution is -2.17. The molecular formula is C13H23N3O. The van der Waals surface area contributed by atoms with Crippen LogP contribution in [0.2, 0.25) is 0 Å². The van der Waals surface area contributed by atoms with E-state index in [1.54, 1.807) is 0 Å². The summed E-state index contributed by atoms with van der Waals surface area (Å²) in [6.45, 7) is 5.92. The van der Waals surface area contributed by atoms with Crippen LogP contribution < -0.4 is 5.32 Å². The highest BCUT2D eigenvalue weighted by Gasteiger charge is 2.14. The summed E-state index contributed by atoms with van der Waals surface area (Å²) in [6, 6.07) is 0.441. The average molecular weight is 237 g/mol. The van der Waals surface area contributed by atoms with Gasteiger partial charge in [-0.25, -0.2) is 4.98 Å². The maximum absolute atomic E-state index is 5.80. The molecule has 96 valence electrons. The van der Waals surface area contributed by atoms with Crippen LogP contribution >= 0.6 is 0 Å². The molecule has 1 fully saturated rings. The summed E-state index contributed by atoms with van der Waals surface area (Å²) in [6.07, 6.45) is 9.47. The van der Waals surface area contributed by atoms with Crippen molar-refractivity contribution in [2.75, 3.05) is 18.5 Å². The van der Waals surface area contributed by atoms with Gasteiger partial charge in [0.05, 0.1) is 12.7 Å². The fourth-order valence-electron chi connectivity index (χ4n) is 2.31. The number of imidazole rings is 1. The van der Waals surface area contributed by atoms with E-state index in [4.69, 9.17) is 4.74 Å². The van der Waals surface area contributed by atoms with Crippen LogP contribution in [0.25, 0.3) is 0 Å². The number of ether oxygens (including phenoxy) is 1. The quantitative estimate of drug-likeness (QED) is 0.773. The van der Waals surface area contributed by atoms with E-state index in [9.17, 15) is 0 Å². The summed E-state index contributed by atoms with van der Waals surface area (Å²) in [5, 5.41) is 3.33.